The van der Waals surface area contributed by atoms with E-state index in [2.05, 4.69) is 27.4 Å². The average Bonchev–Trinajstić information content (AvgIpc) is 3.40. The van der Waals surface area contributed by atoms with Crippen LogP contribution in [-0.4, -0.2) is 31.6 Å². The molecule has 164 valence electrons. The average molecular weight is 470 g/mol. The Bertz CT molecular complexity index is 1370. The van der Waals surface area contributed by atoms with Gasteiger partial charge in [0, 0.05) is 12.7 Å². The lowest BCUT2D eigenvalue weighted by Gasteiger charge is -2.03. The predicted molar refractivity (Wildman–Crippen MR) is 122 cm³/mol. The van der Waals surface area contributed by atoms with Crippen LogP contribution in [0, 0.1) is 6.92 Å². The van der Waals surface area contributed by atoms with Gasteiger partial charge in [-0.05, 0) is 36.6 Å². The van der Waals surface area contributed by atoms with Crippen LogP contribution in [-0.2, 0) is 24.8 Å². The van der Waals surface area contributed by atoms with Crippen LogP contribution in [0.3, 0.4) is 0 Å². The van der Waals surface area contributed by atoms with Gasteiger partial charge in [0.1, 0.15) is 16.3 Å². The molecule has 0 aliphatic rings. The summed E-state index contributed by atoms with van der Waals surface area (Å²) in [6.45, 7) is 3.62. The van der Waals surface area contributed by atoms with Crippen molar-refractivity contribution in [2.45, 2.75) is 26.9 Å². The molecule has 0 bridgehead atoms. The molecule has 3 aromatic heterocycles. The molecule has 11 heteroatoms. The summed E-state index contributed by atoms with van der Waals surface area (Å²) in [6.07, 6.45) is 2.34. The number of carbonyl (C=O) groups is 2. The standard InChI is InChI=1S/C21H19N5O4S2/c1-4-12-5-7-13(8-6-12)23-17(27)19-25-24-14(31-19)9-30-21(29)16-11(2)15-18(32-16)22-10-26(3)20(15)28/h5-8,10H,4,9H2,1-3H3,(H,23,27). The zero-order chi connectivity index (χ0) is 22.8. The number of rotatable bonds is 6. The van der Waals surface area contributed by atoms with E-state index in [1.807, 2.05) is 24.3 Å². The Kier molecular flexibility index (Phi) is 6.10. The summed E-state index contributed by atoms with van der Waals surface area (Å²) in [5, 5.41) is 11.6. The molecule has 0 fully saturated rings. The molecule has 1 amide bonds. The van der Waals surface area contributed by atoms with E-state index >= 15 is 0 Å². The first-order valence-corrected chi connectivity index (χ1v) is 11.3. The first kappa shape index (κ1) is 21.8. The Labute approximate surface area is 190 Å². The highest BCUT2D eigenvalue weighted by molar-refractivity contribution is 7.20. The van der Waals surface area contributed by atoms with Crippen molar-refractivity contribution in [1.29, 1.82) is 0 Å². The molecule has 4 rings (SSSR count). The smallest absolute Gasteiger partial charge is 0.349 e. The number of benzene rings is 1. The van der Waals surface area contributed by atoms with Crippen molar-refractivity contribution in [3.05, 3.63) is 67.0 Å². The maximum absolute atomic E-state index is 12.6. The van der Waals surface area contributed by atoms with Gasteiger partial charge in [-0.1, -0.05) is 30.4 Å². The number of hydrogen-bond donors (Lipinski definition) is 1. The first-order valence-electron chi connectivity index (χ1n) is 9.72. The minimum absolute atomic E-state index is 0.131. The van der Waals surface area contributed by atoms with Crippen LogP contribution in [0.15, 0.2) is 35.4 Å². The topological polar surface area (TPSA) is 116 Å². The van der Waals surface area contributed by atoms with Crippen molar-refractivity contribution >= 4 is 50.5 Å². The highest BCUT2D eigenvalue weighted by Gasteiger charge is 2.21. The largest absolute Gasteiger partial charge is 0.454 e. The van der Waals surface area contributed by atoms with E-state index < -0.39 is 5.97 Å². The maximum Gasteiger partial charge on any atom is 0.349 e. The van der Waals surface area contributed by atoms with Crippen molar-refractivity contribution in [3.63, 3.8) is 0 Å². The van der Waals surface area contributed by atoms with Crippen molar-refractivity contribution in [1.82, 2.24) is 19.7 Å². The van der Waals surface area contributed by atoms with E-state index in [1.54, 1.807) is 14.0 Å². The molecule has 0 radical (unpaired) electrons. The zero-order valence-electron chi connectivity index (χ0n) is 17.5. The molecule has 9 nitrogen and oxygen atoms in total. The first-order chi connectivity index (χ1) is 15.4. The molecule has 0 saturated carbocycles. The number of thiophene rings is 1. The third-order valence-corrected chi connectivity index (χ3v) is 6.88. The SMILES string of the molecule is CCc1ccc(NC(=O)c2nnc(COC(=O)c3sc4ncn(C)c(=O)c4c3C)s2)cc1. The minimum atomic E-state index is -0.579. The van der Waals surface area contributed by atoms with Crippen LogP contribution in [0.1, 0.15) is 42.5 Å². The van der Waals surface area contributed by atoms with E-state index in [0.717, 1.165) is 29.1 Å². The Morgan fingerprint density at radius 3 is 2.62 bits per heavy atom. The lowest BCUT2D eigenvalue weighted by molar-refractivity contribution is 0.0476. The van der Waals surface area contributed by atoms with Gasteiger partial charge in [-0.2, -0.15) is 0 Å². The summed E-state index contributed by atoms with van der Waals surface area (Å²) in [4.78, 5) is 42.3. The van der Waals surface area contributed by atoms with Crippen LogP contribution in [0.25, 0.3) is 10.2 Å². The maximum atomic E-state index is 12.6. The fraction of sp³-hybridized carbons (Fsp3) is 0.238. The second-order valence-electron chi connectivity index (χ2n) is 6.98. The molecule has 0 aliphatic heterocycles. The molecular weight excluding hydrogens is 450 g/mol. The molecule has 0 saturated heterocycles. The van der Waals surface area contributed by atoms with Gasteiger partial charge in [-0.25, -0.2) is 9.78 Å². The summed E-state index contributed by atoms with van der Waals surface area (Å²) in [7, 11) is 1.60. The molecule has 0 unspecified atom stereocenters. The second-order valence-corrected chi connectivity index (χ2v) is 9.04. The third-order valence-electron chi connectivity index (χ3n) is 4.80. The Balaban J connectivity index is 1.41. The van der Waals surface area contributed by atoms with Gasteiger partial charge < -0.3 is 14.6 Å². The quantitative estimate of drug-likeness (QED) is 0.431. The highest BCUT2D eigenvalue weighted by atomic mass is 32.1. The molecular formula is C21H19N5O4S2. The number of aryl methyl sites for hydroxylation is 3. The molecule has 1 N–H and O–H groups in total. The van der Waals surface area contributed by atoms with Crippen LogP contribution >= 0.6 is 22.7 Å². The van der Waals surface area contributed by atoms with E-state index in [-0.39, 0.29) is 23.1 Å². The van der Waals surface area contributed by atoms with E-state index in [0.29, 0.717) is 31.4 Å². The van der Waals surface area contributed by atoms with Crippen LogP contribution in [0.4, 0.5) is 5.69 Å². The van der Waals surface area contributed by atoms with Gasteiger partial charge in [-0.15, -0.1) is 21.5 Å². The number of esters is 1. The Morgan fingerprint density at radius 2 is 1.91 bits per heavy atom. The van der Waals surface area contributed by atoms with Gasteiger partial charge in [0.15, 0.2) is 5.01 Å². The van der Waals surface area contributed by atoms with Crippen LogP contribution in [0.2, 0.25) is 0 Å². The lowest BCUT2D eigenvalue weighted by atomic mass is 10.1. The van der Waals surface area contributed by atoms with Crippen molar-refractivity contribution in [2.75, 3.05) is 5.32 Å². The summed E-state index contributed by atoms with van der Waals surface area (Å²) in [5.74, 6) is -0.962. The number of hydrogen-bond acceptors (Lipinski definition) is 9. The summed E-state index contributed by atoms with van der Waals surface area (Å²) >= 11 is 2.15. The summed E-state index contributed by atoms with van der Waals surface area (Å²) in [5.41, 5.74) is 2.16. The van der Waals surface area contributed by atoms with Gasteiger partial charge in [-0.3, -0.25) is 9.59 Å². The van der Waals surface area contributed by atoms with E-state index in [4.69, 9.17) is 4.74 Å². The monoisotopic (exact) mass is 469 g/mol. The summed E-state index contributed by atoms with van der Waals surface area (Å²) in [6, 6.07) is 7.55. The molecule has 0 aliphatic carbocycles. The van der Waals surface area contributed by atoms with Crippen LogP contribution < -0.4 is 10.9 Å². The number of fused-ring (bicyclic) bond motifs is 1. The number of ether oxygens (including phenoxy) is 1. The van der Waals surface area contributed by atoms with Gasteiger partial charge >= 0.3 is 5.97 Å². The van der Waals surface area contributed by atoms with Gasteiger partial charge in [0.2, 0.25) is 5.01 Å². The summed E-state index contributed by atoms with van der Waals surface area (Å²) < 4.78 is 6.71. The van der Waals surface area contributed by atoms with Crippen molar-refractivity contribution in [3.8, 4) is 0 Å². The number of carbonyl (C=O) groups excluding carboxylic acids is 2. The van der Waals surface area contributed by atoms with E-state index in [1.165, 1.54) is 16.5 Å². The molecule has 0 atom stereocenters. The van der Waals surface area contributed by atoms with Crippen molar-refractivity contribution < 1.29 is 14.3 Å². The fourth-order valence-corrected chi connectivity index (χ4v) is 4.69. The normalized spacial score (nSPS) is 11.0. The molecule has 0 spiro atoms. The number of nitrogens with zero attached hydrogens (tertiary/aromatic N) is 4. The molecule has 1 aromatic carbocycles. The van der Waals surface area contributed by atoms with Crippen LogP contribution in [0.5, 0.6) is 0 Å². The predicted octanol–water partition coefficient (Wildman–Crippen LogP) is 3.33. The Morgan fingerprint density at radius 1 is 1.16 bits per heavy atom. The number of amides is 1. The number of anilines is 1. The molecule has 4 aromatic rings. The minimum Gasteiger partial charge on any atom is -0.454 e. The molecule has 3 heterocycles. The molecule has 32 heavy (non-hydrogen) atoms. The lowest BCUT2D eigenvalue weighted by Crippen LogP contribution is -2.16. The number of aromatic nitrogens is 4. The van der Waals surface area contributed by atoms with Gasteiger partial charge in [0.05, 0.1) is 11.7 Å². The number of nitrogens with one attached hydrogen (secondary N) is 1. The zero-order valence-corrected chi connectivity index (χ0v) is 19.2. The van der Waals surface area contributed by atoms with Gasteiger partial charge in [0.25, 0.3) is 11.5 Å². The second kappa shape index (κ2) is 8.97. The van der Waals surface area contributed by atoms with E-state index in [9.17, 15) is 14.4 Å². The highest BCUT2D eigenvalue weighted by Crippen LogP contribution is 2.27. The fourth-order valence-electron chi connectivity index (χ4n) is 3.01. The van der Waals surface area contributed by atoms with Crippen molar-refractivity contribution in [2.24, 2.45) is 7.05 Å². The third kappa shape index (κ3) is 4.30. The Hall–Kier alpha value is -3.44.